The molecule has 0 aliphatic carbocycles. The van der Waals surface area contributed by atoms with Crippen molar-refractivity contribution in [2.45, 2.75) is 232 Å². The largest absolute Gasteiger partial charge is 0.462 e. The summed E-state index contributed by atoms with van der Waals surface area (Å²) in [6, 6.07) is 0. The third-order valence-corrected chi connectivity index (χ3v) is 12.5. The predicted octanol–water partition coefficient (Wildman–Crippen LogP) is 22.5. The van der Waals surface area contributed by atoms with E-state index in [0.29, 0.717) is 19.3 Å². The molecule has 458 valence electrons. The van der Waals surface area contributed by atoms with Gasteiger partial charge in [0.15, 0.2) is 6.10 Å². The highest BCUT2D eigenvalue weighted by Crippen LogP contribution is 2.12. The van der Waals surface area contributed by atoms with Crippen LogP contribution in [0.1, 0.15) is 226 Å². The van der Waals surface area contributed by atoms with E-state index in [2.05, 4.69) is 227 Å². The molecule has 0 saturated heterocycles. The predicted molar refractivity (Wildman–Crippen MR) is 361 cm³/mol. The molecule has 0 aliphatic heterocycles. The van der Waals surface area contributed by atoms with Crippen LogP contribution in [-0.4, -0.2) is 37.2 Å². The van der Waals surface area contributed by atoms with Gasteiger partial charge in [-0.3, -0.25) is 14.4 Å². The summed E-state index contributed by atoms with van der Waals surface area (Å²) in [5.41, 5.74) is 0. The third-order valence-electron chi connectivity index (χ3n) is 12.5. The molecule has 0 heterocycles. The molecular formula is C77H114O6. The normalized spacial score (nSPS) is 13.6. The van der Waals surface area contributed by atoms with E-state index in [1.165, 1.54) is 0 Å². The first kappa shape index (κ1) is 76.7. The summed E-state index contributed by atoms with van der Waals surface area (Å²) in [4.78, 5) is 38.2. The fourth-order valence-electron chi connectivity index (χ4n) is 7.79. The molecule has 83 heavy (non-hydrogen) atoms. The van der Waals surface area contributed by atoms with Crippen molar-refractivity contribution in [2.75, 3.05) is 13.2 Å². The van der Waals surface area contributed by atoms with Gasteiger partial charge in [0.1, 0.15) is 13.2 Å². The number of esters is 3. The Morgan fingerprint density at radius 2 is 0.482 bits per heavy atom. The van der Waals surface area contributed by atoms with Crippen molar-refractivity contribution in [2.24, 2.45) is 0 Å². The minimum Gasteiger partial charge on any atom is -0.462 e. The van der Waals surface area contributed by atoms with E-state index in [0.717, 1.165) is 173 Å². The molecule has 6 heteroatoms. The maximum Gasteiger partial charge on any atom is 0.309 e. The fraction of sp³-hybridized carbons (Fsp3) is 0.494. The molecule has 0 aromatic carbocycles. The van der Waals surface area contributed by atoms with E-state index in [4.69, 9.17) is 14.2 Å². The van der Waals surface area contributed by atoms with Crippen molar-refractivity contribution in [3.8, 4) is 0 Å². The highest BCUT2D eigenvalue weighted by Gasteiger charge is 2.19. The minimum absolute atomic E-state index is 0.105. The number of rotatable bonds is 55. The smallest absolute Gasteiger partial charge is 0.309 e. The van der Waals surface area contributed by atoms with Crippen molar-refractivity contribution >= 4 is 17.9 Å². The van der Waals surface area contributed by atoms with Gasteiger partial charge in [0, 0.05) is 12.8 Å². The maximum atomic E-state index is 12.9. The topological polar surface area (TPSA) is 78.9 Å². The number of hydrogen-bond donors (Lipinski definition) is 0. The summed E-state index contributed by atoms with van der Waals surface area (Å²) >= 11 is 0. The van der Waals surface area contributed by atoms with Gasteiger partial charge in [-0.25, -0.2) is 0 Å². The molecule has 0 rings (SSSR count). The molecule has 0 N–H and O–H groups in total. The molecule has 1 unspecified atom stereocenters. The van der Waals surface area contributed by atoms with Crippen LogP contribution in [0.3, 0.4) is 0 Å². The molecule has 0 amide bonds. The van der Waals surface area contributed by atoms with E-state index in [1.54, 1.807) is 6.08 Å². The summed E-state index contributed by atoms with van der Waals surface area (Å²) in [7, 11) is 0. The monoisotopic (exact) mass is 1130 g/mol. The summed E-state index contributed by atoms with van der Waals surface area (Å²) in [6.07, 6.45) is 107. The zero-order chi connectivity index (χ0) is 59.9. The van der Waals surface area contributed by atoms with Gasteiger partial charge in [-0.1, -0.05) is 272 Å². The minimum atomic E-state index is -0.855. The second kappa shape index (κ2) is 68.2. The molecule has 0 bridgehead atoms. The first-order chi connectivity index (χ1) is 41.0. The highest BCUT2D eigenvalue weighted by molar-refractivity contribution is 5.72. The molecule has 0 aromatic heterocycles. The quantitative estimate of drug-likeness (QED) is 0.0261. The number of unbranched alkanes of at least 4 members (excludes halogenated alkanes) is 9. The van der Waals surface area contributed by atoms with Gasteiger partial charge in [0.2, 0.25) is 0 Å². The van der Waals surface area contributed by atoms with E-state index >= 15 is 0 Å². The Bertz CT molecular complexity index is 2080. The van der Waals surface area contributed by atoms with Crippen LogP contribution in [0.5, 0.6) is 0 Å². The lowest BCUT2D eigenvalue weighted by molar-refractivity contribution is -0.166. The lowest BCUT2D eigenvalue weighted by Crippen LogP contribution is -2.30. The zero-order valence-corrected chi connectivity index (χ0v) is 52.4. The molecule has 0 saturated carbocycles. The van der Waals surface area contributed by atoms with Gasteiger partial charge in [-0.15, -0.1) is 0 Å². The fourth-order valence-corrected chi connectivity index (χ4v) is 7.79. The Morgan fingerprint density at radius 1 is 0.253 bits per heavy atom. The van der Waals surface area contributed by atoms with E-state index in [9.17, 15) is 14.4 Å². The third kappa shape index (κ3) is 66.4. The van der Waals surface area contributed by atoms with E-state index in [-0.39, 0.29) is 38.0 Å². The standard InChI is InChI=1S/C77H114O6/c1-4-7-10-13-16-19-22-25-28-30-31-32-33-34-35-36-37-38-39-40-41-42-43-44-45-47-49-52-55-58-61-64-67-70-76(79)82-73-74(72-81-75(78)69-66-63-60-57-54-51-48-27-24-21-18-15-12-9-6-3)83-77(80)71-68-65-62-59-56-53-50-46-29-26-23-20-17-14-11-8-5-2/h7-12,16-21,25-29,31-32,34-35,37-38,40-41,43-44,47-50,53-54,57,63,66,74H,4-6,13-15,22-24,30,33,36,39,42,45-46,51-52,55-56,58-62,64-65,67-73H2,1-3H3/b10-7-,11-8-,12-9-,19-16-,20-17-,21-18-,28-25-,29-26-,32-31-,35-34-,38-37-,41-40-,44-43-,48-27-,49-47-,53-50-,57-54-,66-63-. The van der Waals surface area contributed by atoms with Gasteiger partial charge < -0.3 is 14.2 Å². The number of ether oxygens (including phenoxy) is 3. The maximum absolute atomic E-state index is 12.9. The summed E-state index contributed by atoms with van der Waals surface area (Å²) in [5, 5.41) is 0. The average Bonchev–Trinajstić information content (AvgIpc) is 3.49. The molecule has 0 aromatic rings. The molecule has 1 atom stereocenters. The Labute approximate surface area is 508 Å². The molecule has 0 spiro atoms. The zero-order valence-electron chi connectivity index (χ0n) is 52.4. The van der Waals surface area contributed by atoms with Crippen LogP contribution < -0.4 is 0 Å². The van der Waals surface area contributed by atoms with Crippen LogP contribution in [0.15, 0.2) is 219 Å². The molecule has 0 radical (unpaired) electrons. The lowest BCUT2D eigenvalue weighted by Gasteiger charge is -2.18. The van der Waals surface area contributed by atoms with E-state index < -0.39 is 12.1 Å². The van der Waals surface area contributed by atoms with Crippen LogP contribution in [0.4, 0.5) is 0 Å². The van der Waals surface area contributed by atoms with Gasteiger partial charge in [-0.05, 0) is 154 Å². The Hall–Kier alpha value is -6.27. The van der Waals surface area contributed by atoms with Crippen LogP contribution in [-0.2, 0) is 28.6 Å². The average molecular weight is 1140 g/mol. The Morgan fingerprint density at radius 3 is 0.783 bits per heavy atom. The van der Waals surface area contributed by atoms with Crippen molar-refractivity contribution in [3.05, 3.63) is 219 Å². The van der Waals surface area contributed by atoms with Crippen molar-refractivity contribution < 1.29 is 28.6 Å². The Balaban J connectivity index is 4.49. The SMILES string of the molecule is CC/C=C\C/C=C\C/C=C\C/C=C\C/C=C\C/C=C\C/C=C\C/C=C\C/C=C\CCCCCCCC(=O)OCC(COC(=O)C/C=C\C/C=C\C/C=C\C/C=C\C/C=C\CC)OC(=O)CCCCCC/C=C\C/C=C\C/C=C\C/C=C\CC. The van der Waals surface area contributed by atoms with Gasteiger partial charge in [-0.2, -0.15) is 0 Å². The second-order valence-corrected chi connectivity index (χ2v) is 20.2. The van der Waals surface area contributed by atoms with Crippen molar-refractivity contribution in [3.63, 3.8) is 0 Å². The summed E-state index contributed by atoms with van der Waals surface area (Å²) < 4.78 is 16.8. The van der Waals surface area contributed by atoms with Crippen molar-refractivity contribution in [1.29, 1.82) is 0 Å². The first-order valence-corrected chi connectivity index (χ1v) is 32.2. The number of carbonyl (C=O) groups is 3. The Kier molecular flexibility index (Phi) is 63.1. The van der Waals surface area contributed by atoms with Crippen LogP contribution >= 0.6 is 0 Å². The molecular weight excluding hydrogens is 1020 g/mol. The van der Waals surface area contributed by atoms with Crippen molar-refractivity contribution in [1.82, 2.24) is 0 Å². The lowest BCUT2D eigenvalue weighted by atomic mass is 10.1. The molecule has 0 aliphatic rings. The van der Waals surface area contributed by atoms with Crippen LogP contribution in [0.2, 0.25) is 0 Å². The second-order valence-electron chi connectivity index (χ2n) is 20.2. The number of hydrogen-bond acceptors (Lipinski definition) is 6. The summed E-state index contributed by atoms with van der Waals surface area (Å²) in [6.45, 7) is 6.15. The van der Waals surface area contributed by atoms with Gasteiger partial charge in [0.05, 0.1) is 6.42 Å². The summed E-state index contributed by atoms with van der Waals surface area (Å²) in [5.74, 6) is -1.13. The van der Waals surface area contributed by atoms with Crippen LogP contribution in [0.25, 0.3) is 0 Å². The van der Waals surface area contributed by atoms with Gasteiger partial charge >= 0.3 is 17.9 Å². The van der Waals surface area contributed by atoms with E-state index in [1.807, 2.05) is 6.08 Å². The number of allylic oxidation sites excluding steroid dienone is 35. The first-order valence-electron chi connectivity index (χ1n) is 32.2. The van der Waals surface area contributed by atoms with Gasteiger partial charge in [0.25, 0.3) is 0 Å². The van der Waals surface area contributed by atoms with Crippen LogP contribution in [0, 0.1) is 0 Å². The molecule has 6 nitrogen and oxygen atoms in total. The number of carbonyl (C=O) groups excluding carboxylic acids is 3. The molecule has 0 fully saturated rings. The highest BCUT2D eigenvalue weighted by atomic mass is 16.6.